The summed E-state index contributed by atoms with van der Waals surface area (Å²) in [5.41, 5.74) is -0.636. The number of hydrogen-bond donors (Lipinski definition) is 3. The molecule has 0 aromatic carbocycles. The third-order valence-corrected chi connectivity index (χ3v) is 3.38. The van der Waals surface area contributed by atoms with Crippen molar-refractivity contribution in [2.24, 2.45) is 17.3 Å². The van der Waals surface area contributed by atoms with Crippen LogP contribution in [0.1, 0.15) is 12.8 Å². The van der Waals surface area contributed by atoms with E-state index in [9.17, 15) is 9.59 Å². The van der Waals surface area contributed by atoms with Crippen LogP contribution in [0.3, 0.4) is 0 Å². The van der Waals surface area contributed by atoms with Gasteiger partial charge in [-0.1, -0.05) is 0 Å². The summed E-state index contributed by atoms with van der Waals surface area (Å²) in [7, 11) is 0. The van der Waals surface area contributed by atoms with Gasteiger partial charge in [-0.15, -0.1) is 0 Å². The molecule has 2 rings (SSSR count). The van der Waals surface area contributed by atoms with Crippen molar-refractivity contribution < 1.29 is 19.8 Å². The highest BCUT2D eigenvalue weighted by molar-refractivity contribution is 6.05. The van der Waals surface area contributed by atoms with Crippen LogP contribution >= 0.6 is 0 Å². The van der Waals surface area contributed by atoms with Crippen LogP contribution in [-0.4, -0.2) is 35.2 Å². The molecule has 0 aromatic heterocycles. The van der Waals surface area contributed by atoms with Crippen LogP contribution in [0.5, 0.6) is 0 Å². The van der Waals surface area contributed by atoms with Crippen molar-refractivity contribution in [2.45, 2.75) is 12.8 Å². The van der Waals surface area contributed by atoms with E-state index in [1.807, 2.05) is 0 Å². The molecule has 1 aliphatic carbocycles. The molecule has 0 bridgehead atoms. The SMILES string of the molecule is O=C1NC(=O)[C@@H]2CC(CO)(CO)C[C@H]12. The lowest BCUT2D eigenvalue weighted by Gasteiger charge is -2.24. The van der Waals surface area contributed by atoms with Gasteiger partial charge in [0.05, 0.1) is 25.0 Å². The van der Waals surface area contributed by atoms with Gasteiger partial charge in [0.2, 0.25) is 11.8 Å². The Bertz CT molecular complexity index is 261. The second-order valence-electron chi connectivity index (χ2n) is 4.29. The Morgan fingerprint density at radius 3 is 1.93 bits per heavy atom. The number of aliphatic hydroxyl groups is 2. The summed E-state index contributed by atoms with van der Waals surface area (Å²) >= 11 is 0. The minimum Gasteiger partial charge on any atom is -0.396 e. The molecule has 1 saturated heterocycles. The fourth-order valence-corrected chi connectivity index (χ4v) is 2.47. The number of carbonyl (C=O) groups is 2. The van der Waals surface area contributed by atoms with Crippen molar-refractivity contribution in [1.29, 1.82) is 0 Å². The van der Waals surface area contributed by atoms with E-state index in [2.05, 4.69) is 5.32 Å². The zero-order valence-corrected chi connectivity index (χ0v) is 7.69. The Hall–Kier alpha value is -0.940. The standard InChI is InChI=1S/C9H13NO4/c11-3-9(4-12)1-5-6(2-9)8(14)10-7(5)13/h5-6,11-12H,1-4H2,(H,10,13,14)/t5-,6+. The summed E-state index contributed by atoms with van der Waals surface area (Å²) in [4.78, 5) is 22.6. The van der Waals surface area contributed by atoms with E-state index in [1.54, 1.807) is 0 Å². The fraction of sp³-hybridized carbons (Fsp3) is 0.778. The summed E-state index contributed by atoms with van der Waals surface area (Å²) in [5, 5.41) is 20.5. The van der Waals surface area contributed by atoms with Crippen molar-refractivity contribution in [3.05, 3.63) is 0 Å². The highest BCUT2D eigenvalue weighted by atomic mass is 16.3. The van der Waals surface area contributed by atoms with Gasteiger partial charge in [0.25, 0.3) is 0 Å². The van der Waals surface area contributed by atoms with Crippen LogP contribution in [0.4, 0.5) is 0 Å². The quantitative estimate of drug-likeness (QED) is 0.479. The second kappa shape index (κ2) is 3.03. The number of fused-ring (bicyclic) bond motifs is 1. The molecule has 1 aliphatic heterocycles. The summed E-state index contributed by atoms with van der Waals surface area (Å²) in [5.74, 6) is -1.21. The lowest BCUT2D eigenvalue weighted by atomic mass is 9.86. The lowest BCUT2D eigenvalue weighted by Crippen LogP contribution is -2.32. The molecular weight excluding hydrogens is 186 g/mol. The van der Waals surface area contributed by atoms with Crippen LogP contribution in [0.2, 0.25) is 0 Å². The van der Waals surface area contributed by atoms with Gasteiger partial charge in [-0.3, -0.25) is 14.9 Å². The van der Waals surface area contributed by atoms with Crippen molar-refractivity contribution >= 4 is 11.8 Å². The Morgan fingerprint density at radius 1 is 1.14 bits per heavy atom. The molecule has 5 heteroatoms. The predicted molar refractivity (Wildman–Crippen MR) is 46.0 cm³/mol. The first kappa shape index (κ1) is 9.61. The van der Waals surface area contributed by atoms with Crippen molar-refractivity contribution in [3.63, 3.8) is 0 Å². The van der Waals surface area contributed by atoms with Gasteiger partial charge in [-0.2, -0.15) is 0 Å². The molecule has 0 spiro atoms. The smallest absolute Gasteiger partial charge is 0.230 e. The Kier molecular flexibility index (Phi) is 2.08. The molecule has 1 saturated carbocycles. The van der Waals surface area contributed by atoms with Gasteiger partial charge in [-0.05, 0) is 12.8 Å². The normalized spacial score (nSPS) is 34.4. The molecule has 14 heavy (non-hydrogen) atoms. The molecule has 78 valence electrons. The third kappa shape index (κ3) is 1.16. The minimum absolute atomic E-state index is 0.170. The lowest BCUT2D eigenvalue weighted by molar-refractivity contribution is -0.127. The highest BCUT2D eigenvalue weighted by Crippen LogP contribution is 2.47. The fourth-order valence-electron chi connectivity index (χ4n) is 2.47. The number of hydrogen-bond acceptors (Lipinski definition) is 4. The van der Waals surface area contributed by atoms with Crippen LogP contribution in [0.25, 0.3) is 0 Å². The zero-order chi connectivity index (χ0) is 10.3. The number of carbonyl (C=O) groups excluding carboxylic acids is 2. The van der Waals surface area contributed by atoms with Gasteiger partial charge >= 0.3 is 0 Å². The first-order valence-corrected chi connectivity index (χ1v) is 4.68. The molecule has 0 aromatic rings. The van der Waals surface area contributed by atoms with E-state index in [0.717, 1.165) is 0 Å². The average molecular weight is 199 g/mol. The van der Waals surface area contributed by atoms with Gasteiger partial charge < -0.3 is 10.2 Å². The largest absolute Gasteiger partial charge is 0.396 e. The van der Waals surface area contributed by atoms with Gasteiger partial charge in [0.1, 0.15) is 0 Å². The molecule has 2 aliphatic rings. The van der Waals surface area contributed by atoms with E-state index in [4.69, 9.17) is 10.2 Å². The topological polar surface area (TPSA) is 86.6 Å². The Balaban J connectivity index is 2.21. The first-order chi connectivity index (χ1) is 6.62. The van der Waals surface area contributed by atoms with E-state index < -0.39 is 5.41 Å². The first-order valence-electron chi connectivity index (χ1n) is 4.68. The van der Waals surface area contributed by atoms with Gasteiger partial charge in [-0.25, -0.2) is 0 Å². The maximum atomic E-state index is 11.3. The van der Waals surface area contributed by atoms with Gasteiger partial charge in [0, 0.05) is 5.41 Å². The molecule has 2 amide bonds. The molecule has 3 N–H and O–H groups in total. The summed E-state index contributed by atoms with van der Waals surface area (Å²) in [6, 6.07) is 0. The number of imide groups is 1. The van der Waals surface area contributed by atoms with Crippen molar-refractivity contribution in [3.8, 4) is 0 Å². The number of rotatable bonds is 2. The molecule has 0 radical (unpaired) electrons. The van der Waals surface area contributed by atoms with Crippen LogP contribution in [0.15, 0.2) is 0 Å². The Morgan fingerprint density at radius 2 is 1.57 bits per heavy atom. The molecule has 0 unspecified atom stereocenters. The van der Waals surface area contributed by atoms with E-state index in [1.165, 1.54) is 0 Å². The number of nitrogens with one attached hydrogen (secondary N) is 1. The second-order valence-corrected chi connectivity index (χ2v) is 4.29. The van der Waals surface area contributed by atoms with Crippen LogP contribution < -0.4 is 5.32 Å². The summed E-state index contributed by atoms with van der Waals surface area (Å²) in [6.45, 7) is -0.339. The number of amides is 2. The maximum Gasteiger partial charge on any atom is 0.230 e. The van der Waals surface area contributed by atoms with E-state index in [-0.39, 0.29) is 36.9 Å². The van der Waals surface area contributed by atoms with E-state index in [0.29, 0.717) is 12.8 Å². The minimum atomic E-state index is -0.636. The maximum absolute atomic E-state index is 11.3. The van der Waals surface area contributed by atoms with Crippen molar-refractivity contribution in [2.75, 3.05) is 13.2 Å². The van der Waals surface area contributed by atoms with Crippen LogP contribution in [-0.2, 0) is 9.59 Å². The third-order valence-electron chi connectivity index (χ3n) is 3.38. The average Bonchev–Trinajstić information content (AvgIpc) is 2.67. The van der Waals surface area contributed by atoms with E-state index >= 15 is 0 Å². The zero-order valence-electron chi connectivity index (χ0n) is 7.69. The van der Waals surface area contributed by atoms with Crippen LogP contribution in [0, 0.1) is 17.3 Å². The Labute approximate surface area is 81.1 Å². The monoisotopic (exact) mass is 199 g/mol. The molecule has 2 atom stereocenters. The molecule has 5 nitrogen and oxygen atoms in total. The van der Waals surface area contributed by atoms with Crippen molar-refractivity contribution in [1.82, 2.24) is 5.32 Å². The molecular formula is C9H13NO4. The van der Waals surface area contributed by atoms with Gasteiger partial charge in [0.15, 0.2) is 0 Å². The summed E-state index contributed by atoms with van der Waals surface area (Å²) < 4.78 is 0. The summed E-state index contributed by atoms with van der Waals surface area (Å²) in [6.07, 6.45) is 0.810. The number of aliphatic hydroxyl groups excluding tert-OH is 2. The highest BCUT2D eigenvalue weighted by Gasteiger charge is 2.54. The molecule has 2 fully saturated rings. The molecule has 1 heterocycles. The predicted octanol–water partition coefficient (Wildman–Crippen LogP) is -1.36.